The Morgan fingerprint density at radius 2 is 1.79 bits per heavy atom. The molecule has 110 valence electrons. The number of hydrogen-bond donors (Lipinski definition) is 2. The van der Waals surface area contributed by atoms with Gasteiger partial charge >= 0.3 is 12.0 Å². The number of hydrogen-bond acceptors (Lipinski definition) is 3. The van der Waals surface area contributed by atoms with Crippen molar-refractivity contribution < 1.29 is 14.7 Å². The standard InChI is InChI=1S/C13H25N3O3/c1-3-5-11(12(17)18)14-13(19)16-9-7-15(6-4-2)8-10-16/h11H,3-10H2,1-2H3,(H,14,19)(H,17,18). The van der Waals surface area contributed by atoms with Crippen LogP contribution in [0.1, 0.15) is 33.1 Å². The molecule has 6 heteroatoms. The van der Waals surface area contributed by atoms with Crippen LogP contribution in [0.25, 0.3) is 0 Å². The number of piperazine rings is 1. The van der Waals surface area contributed by atoms with Crippen LogP contribution in [-0.4, -0.2) is 65.7 Å². The maximum Gasteiger partial charge on any atom is 0.326 e. The summed E-state index contributed by atoms with van der Waals surface area (Å²) in [6, 6.07) is -1.02. The van der Waals surface area contributed by atoms with Gasteiger partial charge in [-0.3, -0.25) is 4.90 Å². The summed E-state index contributed by atoms with van der Waals surface area (Å²) in [5.74, 6) is -0.959. The first-order valence-corrected chi connectivity index (χ1v) is 7.09. The molecule has 19 heavy (non-hydrogen) atoms. The molecule has 2 N–H and O–H groups in total. The van der Waals surface area contributed by atoms with Crippen molar-refractivity contribution in [1.29, 1.82) is 0 Å². The van der Waals surface area contributed by atoms with Gasteiger partial charge in [0.1, 0.15) is 6.04 Å². The van der Waals surface area contributed by atoms with E-state index < -0.39 is 12.0 Å². The molecule has 0 bridgehead atoms. The van der Waals surface area contributed by atoms with Gasteiger partial charge in [0.15, 0.2) is 0 Å². The van der Waals surface area contributed by atoms with Crippen LogP contribution in [0.2, 0.25) is 0 Å². The Kier molecular flexibility index (Phi) is 6.62. The maximum absolute atomic E-state index is 12.0. The van der Waals surface area contributed by atoms with Gasteiger partial charge in [0.25, 0.3) is 0 Å². The van der Waals surface area contributed by atoms with Gasteiger partial charge in [-0.05, 0) is 19.4 Å². The predicted octanol–water partition coefficient (Wildman–Crippen LogP) is 0.977. The van der Waals surface area contributed by atoms with Crippen LogP contribution in [0, 0.1) is 0 Å². The van der Waals surface area contributed by atoms with Gasteiger partial charge in [-0.2, -0.15) is 0 Å². The lowest BCUT2D eigenvalue weighted by Crippen LogP contribution is -2.54. The highest BCUT2D eigenvalue weighted by Crippen LogP contribution is 2.04. The van der Waals surface area contributed by atoms with E-state index >= 15 is 0 Å². The lowest BCUT2D eigenvalue weighted by Gasteiger charge is -2.35. The topological polar surface area (TPSA) is 72.9 Å². The number of carbonyl (C=O) groups is 2. The number of urea groups is 1. The molecular weight excluding hydrogens is 246 g/mol. The van der Waals surface area contributed by atoms with Crippen molar-refractivity contribution in [2.24, 2.45) is 0 Å². The largest absolute Gasteiger partial charge is 0.480 e. The second-order valence-corrected chi connectivity index (χ2v) is 4.96. The number of rotatable bonds is 6. The molecule has 1 aliphatic heterocycles. The van der Waals surface area contributed by atoms with Crippen molar-refractivity contribution in [1.82, 2.24) is 15.1 Å². The Hall–Kier alpha value is -1.30. The van der Waals surface area contributed by atoms with Crippen LogP contribution in [0.15, 0.2) is 0 Å². The molecule has 0 aliphatic carbocycles. The van der Waals surface area contributed by atoms with Crippen LogP contribution in [0.5, 0.6) is 0 Å². The average molecular weight is 271 g/mol. The molecule has 2 amide bonds. The van der Waals surface area contributed by atoms with Crippen LogP contribution in [0.3, 0.4) is 0 Å². The van der Waals surface area contributed by atoms with E-state index in [9.17, 15) is 9.59 Å². The lowest BCUT2D eigenvalue weighted by molar-refractivity contribution is -0.139. The van der Waals surface area contributed by atoms with Crippen molar-refractivity contribution in [2.75, 3.05) is 32.7 Å². The van der Waals surface area contributed by atoms with Crippen LogP contribution >= 0.6 is 0 Å². The summed E-state index contributed by atoms with van der Waals surface area (Å²) in [4.78, 5) is 27.0. The Balaban J connectivity index is 2.39. The summed E-state index contributed by atoms with van der Waals surface area (Å²) < 4.78 is 0. The summed E-state index contributed by atoms with van der Waals surface area (Å²) in [5, 5.41) is 11.6. The monoisotopic (exact) mass is 271 g/mol. The molecule has 1 rings (SSSR count). The first kappa shape index (κ1) is 15.8. The Labute approximate surface area is 114 Å². The molecule has 0 aromatic carbocycles. The summed E-state index contributed by atoms with van der Waals surface area (Å²) in [6.07, 6.45) is 2.32. The second-order valence-electron chi connectivity index (χ2n) is 4.96. The number of nitrogens with one attached hydrogen (secondary N) is 1. The minimum Gasteiger partial charge on any atom is -0.480 e. The SMILES string of the molecule is CCCC(NC(=O)N1CCN(CCC)CC1)C(=O)O. The number of carbonyl (C=O) groups excluding carboxylic acids is 1. The van der Waals surface area contributed by atoms with Crippen LogP contribution in [0.4, 0.5) is 4.79 Å². The van der Waals surface area contributed by atoms with Gasteiger partial charge in [-0.1, -0.05) is 20.3 Å². The second kappa shape index (κ2) is 7.99. The zero-order valence-corrected chi connectivity index (χ0v) is 11.9. The molecule has 0 aromatic heterocycles. The average Bonchev–Trinajstić information content (AvgIpc) is 2.39. The van der Waals surface area contributed by atoms with E-state index in [1.54, 1.807) is 4.90 Å². The predicted molar refractivity (Wildman–Crippen MR) is 73.2 cm³/mol. The molecule has 0 radical (unpaired) electrons. The van der Waals surface area contributed by atoms with Crippen LogP contribution < -0.4 is 5.32 Å². The summed E-state index contributed by atoms with van der Waals surface area (Å²) in [5.41, 5.74) is 0. The molecule has 0 spiro atoms. The van der Waals surface area contributed by atoms with Crippen molar-refractivity contribution in [3.05, 3.63) is 0 Å². The highest BCUT2D eigenvalue weighted by Gasteiger charge is 2.24. The smallest absolute Gasteiger partial charge is 0.326 e. The van der Waals surface area contributed by atoms with E-state index in [1.165, 1.54) is 0 Å². The molecule has 0 aromatic rings. The molecule has 1 atom stereocenters. The third-order valence-corrected chi connectivity index (χ3v) is 3.37. The van der Waals surface area contributed by atoms with Crippen molar-refractivity contribution in [3.63, 3.8) is 0 Å². The maximum atomic E-state index is 12.0. The fourth-order valence-corrected chi connectivity index (χ4v) is 2.28. The molecule has 0 saturated carbocycles. The van der Waals surface area contributed by atoms with Crippen molar-refractivity contribution >= 4 is 12.0 Å². The fourth-order valence-electron chi connectivity index (χ4n) is 2.28. The zero-order valence-electron chi connectivity index (χ0n) is 11.9. The third kappa shape index (κ3) is 5.06. The highest BCUT2D eigenvalue weighted by molar-refractivity contribution is 5.82. The van der Waals surface area contributed by atoms with E-state index in [1.807, 2.05) is 6.92 Å². The first-order valence-electron chi connectivity index (χ1n) is 7.09. The van der Waals surface area contributed by atoms with Gasteiger partial charge in [0, 0.05) is 26.2 Å². The molecule has 1 unspecified atom stereocenters. The van der Waals surface area contributed by atoms with Crippen LogP contribution in [-0.2, 0) is 4.79 Å². The summed E-state index contributed by atoms with van der Waals surface area (Å²) in [7, 11) is 0. The van der Waals surface area contributed by atoms with E-state index in [4.69, 9.17) is 5.11 Å². The van der Waals surface area contributed by atoms with Gasteiger partial charge < -0.3 is 15.3 Å². The van der Waals surface area contributed by atoms with E-state index in [2.05, 4.69) is 17.1 Å². The fraction of sp³-hybridized carbons (Fsp3) is 0.846. The summed E-state index contributed by atoms with van der Waals surface area (Å²) >= 11 is 0. The van der Waals surface area contributed by atoms with Gasteiger partial charge in [-0.15, -0.1) is 0 Å². The normalized spacial score (nSPS) is 18.1. The number of nitrogens with zero attached hydrogens (tertiary/aromatic N) is 2. The Bertz CT molecular complexity index is 302. The summed E-state index contributed by atoms with van der Waals surface area (Å²) in [6.45, 7) is 8.18. The molecule has 1 fully saturated rings. The van der Waals surface area contributed by atoms with E-state index in [-0.39, 0.29) is 6.03 Å². The van der Waals surface area contributed by atoms with Gasteiger partial charge in [-0.25, -0.2) is 9.59 Å². The molecule has 1 heterocycles. The highest BCUT2D eigenvalue weighted by atomic mass is 16.4. The minimum absolute atomic E-state index is 0.253. The van der Waals surface area contributed by atoms with E-state index in [0.29, 0.717) is 19.5 Å². The molecule has 1 saturated heterocycles. The van der Waals surface area contributed by atoms with E-state index in [0.717, 1.165) is 32.5 Å². The lowest BCUT2D eigenvalue weighted by atomic mass is 10.2. The first-order chi connectivity index (χ1) is 9.08. The zero-order chi connectivity index (χ0) is 14.3. The van der Waals surface area contributed by atoms with Crippen molar-refractivity contribution in [3.8, 4) is 0 Å². The number of amides is 2. The molecule has 6 nitrogen and oxygen atoms in total. The third-order valence-electron chi connectivity index (χ3n) is 3.37. The molecular formula is C13H25N3O3. The number of carboxylic acid groups (broad SMARTS) is 1. The Morgan fingerprint density at radius 1 is 1.16 bits per heavy atom. The number of carboxylic acids is 1. The minimum atomic E-state index is -0.959. The Morgan fingerprint density at radius 3 is 2.26 bits per heavy atom. The number of aliphatic carboxylic acids is 1. The van der Waals surface area contributed by atoms with Crippen molar-refractivity contribution in [2.45, 2.75) is 39.2 Å². The van der Waals surface area contributed by atoms with Gasteiger partial charge in [0.2, 0.25) is 0 Å². The van der Waals surface area contributed by atoms with Gasteiger partial charge in [0.05, 0.1) is 0 Å². The quantitative estimate of drug-likeness (QED) is 0.755. The molecule has 1 aliphatic rings.